The van der Waals surface area contributed by atoms with E-state index in [0.29, 0.717) is 13.0 Å². The van der Waals surface area contributed by atoms with Crippen molar-refractivity contribution < 1.29 is 9.90 Å². The SMILES string of the molecule is CCC(O)C1c2ccccc2CCN1C(=O)C(C)(C)C. The molecular weight excluding hydrogens is 250 g/mol. The third kappa shape index (κ3) is 2.73. The Bertz CT molecular complexity index is 490. The fourth-order valence-electron chi connectivity index (χ4n) is 2.90. The maximum atomic E-state index is 12.7. The number of amides is 1. The van der Waals surface area contributed by atoms with Crippen molar-refractivity contribution in [2.24, 2.45) is 5.41 Å². The van der Waals surface area contributed by atoms with Gasteiger partial charge in [-0.25, -0.2) is 0 Å². The van der Waals surface area contributed by atoms with Crippen LogP contribution in [-0.4, -0.2) is 28.6 Å². The van der Waals surface area contributed by atoms with Gasteiger partial charge in [0, 0.05) is 12.0 Å². The Morgan fingerprint density at radius 1 is 1.40 bits per heavy atom. The molecule has 20 heavy (non-hydrogen) atoms. The van der Waals surface area contributed by atoms with Gasteiger partial charge in [-0.2, -0.15) is 0 Å². The van der Waals surface area contributed by atoms with Gasteiger partial charge in [0.1, 0.15) is 0 Å². The molecule has 0 aromatic heterocycles. The lowest BCUT2D eigenvalue weighted by molar-refractivity contribution is -0.145. The van der Waals surface area contributed by atoms with Crippen LogP contribution in [0, 0.1) is 5.41 Å². The van der Waals surface area contributed by atoms with Gasteiger partial charge in [-0.05, 0) is 24.0 Å². The Morgan fingerprint density at radius 2 is 2.05 bits per heavy atom. The molecule has 1 aliphatic rings. The van der Waals surface area contributed by atoms with Crippen LogP contribution in [-0.2, 0) is 11.2 Å². The Hall–Kier alpha value is -1.35. The molecule has 1 aromatic rings. The zero-order valence-corrected chi connectivity index (χ0v) is 12.9. The highest BCUT2D eigenvalue weighted by molar-refractivity contribution is 5.82. The third-order valence-corrected chi connectivity index (χ3v) is 4.02. The van der Waals surface area contributed by atoms with E-state index < -0.39 is 11.5 Å². The molecule has 110 valence electrons. The van der Waals surface area contributed by atoms with Gasteiger partial charge in [0.25, 0.3) is 0 Å². The van der Waals surface area contributed by atoms with Gasteiger partial charge < -0.3 is 10.0 Å². The molecule has 1 N–H and O–H groups in total. The van der Waals surface area contributed by atoms with Crippen molar-refractivity contribution in [3.8, 4) is 0 Å². The van der Waals surface area contributed by atoms with Crippen LogP contribution in [0.2, 0.25) is 0 Å². The zero-order valence-electron chi connectivity index (χ0n) is 12.9. The van der Waals surface area contributed by atoms with E-state index in [-0.39, 0.29) is 11.9 Å². The second kappa shape index (κ2) is 5.57. The van der Waals surface area contributed by atoms with E-state index >= 15 is 0 Å². The van der Waals surface area contributed by atoms with Crippen molar-refractivity contribution >= 4 is 5.91 Å². The van der Waals surface area contributed by atoms with Gasteiger partial charge in [0.05, 0.1) is 12.1 Å². The van der Waals surface area contributed by atoms with Crippen molar-refractivity contribution in [1.82, 2.24) is 4.90 Å². The van der Waals surface area contributed by atoms with Crippen molar-refractivity contribution in [2.45, 2.75) is 52.7 Å². The van der Waals surface area contributed by atoms with Crippen molar-refractivity contribution in [3.63, 3.8) is 0 Å². The largest absolute Gasteiger partial charge is 0.391 e. The minimum absolute atomic E-state index is 0.115. The fraction of sp³-hybridized carbons (Fsp3) is 0.588. The first kappa shape index (κ1) is 15.0. The Morgan fingerprint density at radius 3 is 2.65 bits per heavy atom. The smallest absolute Gasteiger partial charge is 0.228 e. The summed E-state index contributed by atoms with van der Waals surface area (Å²) in [7, 11) is 0. The number of aliphatic hydroxyl groups is 1. The van der Waals surface area contributed by atoms with Crippen LogP contribution in [0.15, 0.2) is 24.3 Å². The minimum Gasteiger partial charge on any atom is -0.391 e. The highest BCUT2D eigenvalue weighted by Crippen LogP contribution is 2.35. The summed E-state index contributed by atoms with van der Waals surface area (Å²) < 4.78 is 0. The summed E-state index contributed by atoms with van der Waals surface area (Å²) in [5.41, 5.74) is 1.94. The third-order valence-electron chi connectivity index (χ3n) is 4.02. The number of carbonyl (C=O) groups is 1. The average molecular weight is 275 g/mol. The molecule has 0 saturated heterocycles. The van der Waals surface area contributed by atoms with E-state index in [1.807, 2.05) is 50.8 Å². The molecule has 2 unspecified atom stereocenters. The number of rotatable bonds is 2. The van der Waals surface area contributed by atoms with Gasteiger partial charge in [-0.3, -0.25) is 4.79 Å². The lowest BCUT2D eigenvalue weighted by Crippen LogP contribution is -2.48. The first-order valence-electron chi connectivity index (χ1n) is 7.43. The van der Waals surface area contributed by atoms with Crippen LogP contribution in [0.4, 0.5) is 0 Å². The fourth-order valence-corrected chi connectivity index (χ4v) is 2.90. The minimum atomic E-state index is -0.511. The standard InChI is InChI=1S/C17H25NO2/c1-5-14(19)15-13-9-7-6-8-12(13)10-11-18(15)16(20)17(2,3)4/h6-9,14-15,19H,5,10-11H2,1-4H3. The molecule has 3 heteroatoms. The highest BCUT2D eigenvalue weighted by Gasteiger charge is 2.38. The summed E-state index contributed by atoms with van der Waals surface area (Å²) in [4.78, 5) is 14.5. The zero-order chi connectivity index (χ0) is 14.9. The lowest BCUT2D eigenvalue weighted by atomic mass is 9.85. The topological polar surface area (TPSA) is 40.5 Å². The van der Waals surface area contributed by atoms with Crippen molar-refractivity contribution in [3.05, 3.63) is 35.4 Å². The first-order valence-corrected chi connectivity index (χ1v) is 7.43. The molecule has 1 aromatic carbocycles. The Balaban J connectivity index is 2.42. The van der Waals surface area contributed by atoms with E-state index in [1.54, 1.807) is 0 Å². The monoisotopic (exact) mass is 275 g/mol. The van der Waals surface area contributed by atoms with Crippen LogP contribution in [0.25, 0.3) is 0 Å². The molecule has 2 rings (SSSR count). The van der Waals surface area contributed by atoms with Crippen LogP contribution in [0.5, 0.6) is 0 Å². The van der Waals surface area contributed by atoms with Crippen LogP contribution >= 0.6 is 0 Å². The average Bonchev–Trinajstić information content (AvgIpc) is 2.43. The summed E-state index contributed by atoms with van der Waals surface area (Å²) in [5, 5.41) is 10.4. The predicted molar refractivity (Wildman–Crippen MR) is 80.4 cm³/mol. The van der Waals surface area contributed by atoms with E-state index in [2.05, 4.69) is 6.07 Å². The van der Waals surface area contributed by atoms with E-state index in [0.717, 1.165) is 12.0 Å². The van der Waals surface area contributed by atoms with Gasteiger partial charge in [-0.1, -0.05) is 52.0 Å². The van der Waals surface area contributed by atoms with Crippen LogP contribution < -0.4 is 0 Å². The molecular formula is C17H25NO2. The number of hydrogen-bond donors (Lipinski definition) is 1. The molecule has 1 aliphatic heterocycles. The predicted octanol–water partition coefficient (Wildman–Crippen LogP) is 2.93. The normalized spacial score (nSPS) is 20.4. The Kier molecular flexibility index (Phi) is 4.19. The summed E-state index contributed by atoms with van der Waals surface area (Å²) in [6.45, 7) is 8.46. The molecule has 2 atom stereocenters. The maximum absolute atomic E-state index is 12.7. The van der Waals surface area contributed by atoms with Gasteiger partial charge >= 0.3 is 0 Å². The summed E-state index contributed by atoms with van der Waals surface area (Å²) in [6, 6.07) is 7.94. The van der Waals surface area contributed by atoms with E-state index in [1.165, 1.54) is 5.56 Å². The molecule has 1 amide bonds. The summed E-state index contributed by atoms with van der Waals surface area (Å²) in [6.07, 6.45) is 1.00. The van der Waals surface area contributed by atoms with Crippen LogP contribution in [0.3, 0.4) is 0 Å². The molecule has 0 bridgehead atoms. The number of carbonyl (C=O) groups excluding carboxylic acids is 1. The maximum Gasteiger partial charge on any atom is 0.228 e. The number of nitrogens with zero attached hydrogens (tertiary/aromatic N) is 1. The van der Waals surface area contributed by atoms with E-state index in [9.17, 15) is 9.90 Å². The Labute approximate surface area is 121 Å². The van der Waals surface area contributed by atoms with Crippen molar-refractivity contribution in [1.29, 1.82) is 0 Å². The first-order chi connectivity index (χ1) is 9.36. The van der Waals surface area contributed by atoms with Gasteiger partial charge in [0.2, 0.25) is 5.91 Å². The second-order valence-electron chi connectivity index (χ2n) is 6.62. The van der Waals surface area contributed by atoms with E-state index in [4.69, 9.17) is 0 Å². The quantitative estimate of drug-likeness (QED) is 0.901. The summed E-state index contributed by atoms with van der Waals surface area (Å²) >= 11 is 0. The van der Waals surface area contributed by atoms with Gasteiger partial charge in [0.15, 0.2) is 0 Å². The molecule has 3 nitrogen and oxygen atoms in total. The molecule has 0 aliphatic carbocycles. The lowest BCUT2D eigenvalue weighted by Gasteiger charge is -2.42. The number of aliphatic hydroxyl groups excluding tert-OH is 1. The molecule has 0 radical (unpaired) electrons. The van der Waals surface area contributed by atoms with Gasteiger partial charge in [-0.15, -0.1) is 0 Å². The molecule has 1 heterocycles. The van der Waals surface area contributed by atoms with Crippen LogP contribution in [0.1, 0.15) is 51.3 Å². The number of fused-ring (bicyclic) bond motifs is 1. The highest BCUT2D eigenvalue weighted by atomic mass is 16.3. The second-order valence-corrected chi connectivity index (χ2v) is 6.62. The van der Waals surface area contributed by atoms with Crippen molar-refractivity contribution in [2.75, 3.05) is 6.54 Å². The number of benzene rings is 1. The molecule has 0 spiro atoms. The molecule has 0 fully saturated rings. The number of hydrogen-bond acceptors (Lipinski definition) is 2. The summed E-state index contributed by atoms with van der Waals surface area (Å²) in [5.74, 6) is 0.115. The molecule has 0 saturated carbocycles.